The lowest BCUT2D eigenvalue weighted by Gasteiger charge is -2.77. The minimum absolute atomic E-state index is 0.0157. The first-order chi connectivity index (χ1) is 27.7. The van der Waals surface area contributed by atoms with Gasteiger partial charge < -0.3 is 9.64 Å². The van der Waals surface area contributed by atoms with Crippen LogP contribution in [0, 0.1) is 29.1 Å². The molecule has 296 valence electrons. The van der Waals surface area contributed by atoms with E-state index < -0.39 is 0 Å². The fourth-order valence-electron chi connectivity index (χ4n) is 15.4. The summed E-state index contributed by atoms with van der Waals surface area (Å²) in [4.78, 5) is 2.72. The van der Waals surface area contributed by atoms with Crippen molar-refractivity contribution in [2.24, 2.45) is 29.1 Å². The van der Waals surface area contributed by atoms with Gasteiger partial charge in [-0.25, -0.2) is 0 Å². The molecule has 1 heterocycles. The smallest absolute Gasteiger partial charge is 0.155 e. The summed E-state index contributed by atoms with van der Waals surface area (Å²) < 4.78 is 7.65. The first-order valence-electron chi connectivity index (χ1n) is 22.8. The lowest BCUT2D eigenvalue weighted by Crippen LogP contribution is -2.74. The molecule has 5 aromatic rings. The standard InChI is InChI=1S/C56H61NO/c1-51(2)26-28-53(5,6)48-38(51)19-13-22-41(48)57(42-23-14-20-39-49(42)54(7,8)29-27-52(39,3)4)43-24-15-21-40-50(43)58-44-25-12-18-37(35-16-10-9-11-17-35)47(44)56(40)45-31-34-30-36-32-46(56)55(36,45)33-34/h9-25,34,36,45-46H,26-33H2,1-8H3. The van der Waals surface area contributed by atoms with E-state index in [0.717, 1.165) is 23.3 Å². The number of para-hydroxylation sites is 1. The second kappa shape index (κ2) is 11.3. The van der Waals surface area contributed by atoms with Crippen molar-refractivity contribution in [3.05, 3.63) is 137 Å². The Balaban J connectivity index is 1.17. The second-order valence-electron chi connectivity index (χ2n) is 22.6. The molecule has 7 aliphatic rings. The Bertz CT molecular complexity index is 2480. The summed E-state index contributed by atoms with van der Waals surface area (Å²) in [6, 6.07) is 40.0. The van der Waals surface area contributed by atoms with Crippen molar-refractivity contribution in [2.45, 2.75) is 134 Å². The summed E-state index contributed by atoms with van der Waals surface area (Å²) in [6.45, 7) is 19.9. The molecule has 2 nitrogen and oxygen atoms in total. The topological polar surface area (TPSA) is 12.5 Å². The number of nitrogens with zero attached hydrogens (tertiary/aromatic N) is 1. The third-order valence-electron chi connectivity index (χ3n) is 18.1. The van der Waals surface area contributed by atoms with Crippen LogP contribution in [0.4, 0.5) is 17.1 Å². The average Bonchev–Trinajstić information content (AvgIpc) is 3.74. The Hall–Kier alpha value is -4.30. The van der Waals surface area contributed by atoms with Crippen molar-refractivity contribution in [1.29, 1.82) is 0 Å². The van der Waals surface area contributed by atoms with Gasteiger partial charge in [-0.2, -0.15) is 0 Å². The van der Waals surface area contributed by atoms with Crippen LogP contribution >= 0.6 is 0 Å². The highest BCUT2D eigenvalue weighted by Crippen LogP contribution is 2.90. The maximum absolute atomic E-state index is 7.65. The second-order valence-corrected chi connectivity index (χ2v) is 22.6. The highest BCUT2D eigenvalue weighted by atomic mass is 16.5. The molecule has 4 fully saturated rings. The van der Waals surface area contributed by atoms with Crippen LogP contribution < -0.4 is 9.64 Å². The van der Waals surface area contributed by atoms with E-state index in [-0.39, 0.29) is 27.1 Å². The SMILES string of the molecule is CC1(C)CCC(C)(C)c2c(N(c3cccc4c3Oc3cccc(-c5ccccc5)c3C43C4CC5CC6CC3C64C5)c3cccc4c3C(C)(C)CCC4(C)C)cccc21. The number of ether oxygens (including phenoxy) is 1. The van der Waals surface area contributed by atoms with E-state index in [1.807, 2.05) is 0 Å². The van der Waals surface area contributed by atoms with Gasteiger partial charge in [-0.15, -0.1) is 0 Å². The molecule has 5 aromatic carbocycles. The van der Waals surface area contributed by atoms with Gasteiger partial charge in [0.15, 0.2) is 5.75 Å². The van der Waals surface area contributed by atoms with E-state index in [1.165, 1.54) is 113 Å². The van der Waals surface area contributed by atoms with Crippen molar-refractivity contribution in [3.8, 4) is 22.6 Å². The Morgan fingerprint density at radius 3 is 1.67 bits per heavy atom. The van der Waals surface area contributed by atoms with Crippen molar-refractivity contribution in [3.63, 3.8) is 0 Å². The Labute approximate surface area is 347 Å². The van der Waals surface area contributed by atoms with Gasteiger partial charge in [0.2, 0.25) is 0 Å². The van der Waals surface area contributed by atoms with E-state index in [1.54, 1.807) is 0 Å². The Morgan fingerprint density at radius 2 is 1.05 bits per heavy atom. The largest absolute Gasteiger partial charge is 0.454 e. The van der Waals surface area contributed by atoms with Crippen LogP contribution in [0.25, 0.3) is 11.1 Å². The number of fused-ring (bicyclic) bond motifs is 9. The average molecular weight is 764 g/mol. The number of hydrogen-bond donors (Lipinski definition) is 0. The molecule has 2 heteroatoms. The summed E-state index contributed by atoms with van der Waals surface area (Å²) in [6.07, 6.45) is 10.3. The maximum atomic E-state index is 7.65. The summed E-state index contributed by atoms with van der Waals surface area (Å²) in [5, 5.41) is 0. The lowest BCUT2D eigenvalue weighted by molar-refractivity contribution is -0.234. The van der Waals surface area contributed by atoms with Crippen molar-refractivity contribution in [2.75, 3.05) is 4.90 Å². The molecule has 0 N–H and O–H groups in total. The van der Waals surface area contributed by atoms with E-state index >= 15 is 0 Å². The molecule has 0 saturated heterocycles. The van der Waals surface area contributed by atoms with Gasteiger partial charge in [-0.3, -0.25) is 0 Å². The Morgan fingerprint density at radius 1 is 0.500 bits per heavy atom. The summed E-state index contributed by atoms with van der Waals surface area (Å²) in [5.74, 6) is 5.28. The van der Waals surface area contributed by atoms with E-state index in [4.69, 9.17) is 4.74 Å². The molecule has 0 amide bonds. The minimum Gasteiger partial charge on any atom is -0.454 e. The molecule has 12 rings (SSSR count). The van der Waals surface area contributed by atoms with E-state index in [9.17, 15) is 0 Å². The van der Waals surface area contributed by atoms with Crippen LogP contribution in [0.2, 0.25) is 0 Å². The van der Waals surface area contributed by atoms with Gasteiger partial charge in [-0.1, -0.05) is 134 Å². The third-order valence-corrected chi connectivity index (χ3v) is 18.1. The fourth-order valence-corrected chi connectivity index (χ4v) is 15.4. The quantitative estimate of drug-likeness (QED) is 0.181. The van der Waals surface area contributed by atoms with Crippen molar-refractivity contribution in [1.82, 2.24) is 0 Å². The van der Waals surface area contributed by atoms with Gasteiger partial charge in [0.25, 0.3) is 0 Å². The van der Waals surface area contributed by atoms with Gasteiger partial charge in [0, 0.05) is 16.5 Å². The molecule has 6 unspecified atom stereocenters. The third kappa shape index (κ3) is 4.26. The van der Waals surface area contributed by atoms with Crippen LogP contribution in [0.5, 0.6) is 11.5 Å². The molecule has 4 saturated carbocycles. The number of hydrogen-bond acceptors (Lipinski definition) is 2. The van der Waals surface area contributed by atoms with Gasteiger partial charge in [0.05, 0.1) is 17.1 Å². The summed E-state index contributed by atoms with van der Waals surface area (Å²) >= 11 is 0. The zero-order valence-corrected chi connectivity index (χ0v) is 36.1. The molecule has 0 radical (unpaired) electrons. The highest BCUT2D eigenvalue weighted by Gasteiger charge is 2.84. The van der Waals surface area contributed by atoms with E-state index in [2.05, 4.69) is 163 Å². The van der Waals surface area contributed by atoms with Crippen LogP contribution in [0.15, 0.2) is 103 Å². The fraction of sp³-hybridized carbons (Fsp3) is 0.464. The predicted molar refractivity (Wildman–Crippen MR) is 239 cm³/mol. The van der Waals surface area contributed by atoms with Gasteiger partial charge in [0.1, 0.15) is 5.75 Å². The molecule has 58 heavy (non-hydrogen) atoms. The molecule has 1 aliphatic heterocycles. The predicted octanol–water partition coefficient (Wildman–Crippen LogP) is 15.0. The van der Waals surface area contributed by atoms with Gasteiger partial charge in [-0.05, 0) is 160 Å². The number of anilines is 3. The maximum Gasteiger partial charge on any atom is 0.155 e. The zero-order valence-electron chi connectivity index (χ0n) is 36.1. The van der Waals surface area contributed by atoms with Crippen LogP contribution in [0.3, 0.4) is 0 Å². The molecule has 0 aromatic heterocycles. The molecule has 2 bridgehead atoms. The molecular formula is C56H61NO. The first-order valence-corrected chi connectivity index (χ1v) is 22.8. The van der Waals surface area contributed by atoms with E-state index in [0.29, 0.717) is 17.3 Å². The Kier molecular flexibility index (Phi) is 6.93. The highest BCUT2D eigenvalue weighted by molar-refractivity contribution is 5.89. The monoisotopic (exact) mass is 763 g/mol. The minimum atomic E-state index is -0.0581. The van der Waals surface area contributed by atoms with Crippen LogP contribution in [-0.4, -0.2) is 0 Å². The number of benzene rings is 5. The molecule has 6 atom stereocenters. The van der Waals surface area contributed by atoms with Crippen LogP contribution in [0.1, 0.15) is 140 Å². The lowest BCUT2D eigenvalue weighted by atomic mass is 9.26. The normalized spacial score (nSPS) is 31.4. The van der Waals surface area contributed by atoms with Crippen LogP contribution in [-0.2, 0) is 27.1 Å². The molecule has 6 aliphatic carbocycles. The summed E-state index contributed by atoms with van der Waals surface area (Å²) in [5.41, 5.74) is 16.1. The first kappa shape index (κ1) is 35.6. The molecular weight excluding hydrogens is 703 g/mol. The summed E-state index contributed by atoms with van der Waals surface area (Å²) in [7, 11) is 0. The van der Waals surface area contributed by atoms with Crippen molar-refractivity contribution < 1.29 is 4.74 Å². The zero-order chi connectivity index (χ0) is 39.8. The van der Waals surface area contributed by atoms with Crippen molar-refractivity contribution >= 4 is 17.1 Å². The number of rotatable bonds is 4. The van der Waals surface area contributed by atoms with Gasteiger partial charge >= 0.3 is 0 Å². The molecule has 2 spiro atoms.